The zero-order valence-corrected chi connectivity index (χ0v) is 21.0. The average Bonchev–Trinajstić information content (AvgIpc) is 2.68. The molecule has 1 aliphatic carbocycles. The Morgan fingerprint density at radius 2 is 1.57 bits per heavy atom. The standard InChI is InChI=1S/C22H24F2.C2H7P.Y/c1-3-4-16-6-8-17(9-7-16)18-10-12-19(13-11-18)20-14-5-15(2)21(23)22(20)24;1-2-3;/h3,5,10-14,16-17H,1,4,6-9H2,2H3;2-3H2,1H3;. The monoisotopic (exact) mass is 477 g/mol. The van der Waals surface area contributed by atoms with E-state index in [0.29, 0.717) is 17.0 Å². The average molecular weight is 477 g/mol. The van der Waals surface area contributed by atoms with E-state index in [1.807, 2.05) is 18.2 Å². The maximum absolute atomic E-state index is 14.1. The molecule has 0 aliphatic heterocycles. The van der Waals surface area contributed by atoms with Gasteiger partial charge in [-0.2, -0.15) is 0 Å². The van der Waals surface area contributed by atoms with E-state index in [1.165, 1.54) is 37.4 Å². The molecule has 0 heterocycles. The molecule has 1 aliphatic rings. The molecule has 0 nitrogen and oxygen atoms in total. The van der Waals surface area contributed by atoms with Crippen molar-refractivity contribution in [2.24, 2.45) is 5.92 Å². The van der Waals surface area contributed by atoms with Crippen LogP contribution in [0.4, 0.5) is 8.78 Å². The summed E-state index contributed by atoms with van der Waals surface area (Å²) < 4.78 is 27.9. The fourth-order valence-corrected chi connectivity index (χ4v) is 3.77. The molecule has 2 aromatic carbocycles. The van der Waals surface area contributed by atoms with Gasteiger partial charge < -0.3 is 0 Å². The molecule has 2 aromatic rings. The van der Waals surface area contributed by atoms with Gasteiger partial charge in [-0.25, -0.2) is 8.78 Å². The predicted molar refractivity (Wildman–Crippen MR) is 116 cm³/mol. The van der Waals surface area contributed by atoms with Gasteiger partial charge in [0.25, 0.3) is 0 Å². The van der Waals surface area contributed by atoms with Crippen LogP contribution in [0.25, 0.3) is 11.1 Å². The number of hydrogen-bond donors (Lipinski definition) is 0. The van der Waals surface area contributed by atoms with Crippen LogP contribution in [0.15, 0.2) is 49.1 Å². The minimum atomic E-state index is -0.757. The van der Waals surface area contributed by atoms with Gasteiger partial charge in [0.05, 0.1) is 0 Å². The van der Waals surface area contributed by atoms with E-state index in [9.17, 15) is 8.78 Å². The third-order valence-corrected chi connectivity index (χ3v) is 5.32. The van der Waals surface area contributed by atoms with Crippen molar-refractivity contribution >= 4 is 9.24 Å². The van der Waals surface area contributed by atoms with E-state index in [4.69, 9.17) is 0 Å². The molecule has 1 atom stereocenters. The van der Waals surface area contributed by atoms with Crippen molar-refractivity contribution in [2.45, 2.75) is 51.9 Å². The van der Waals surface area contributed by atoms with E-state index in [0.717, 1.165) is 17.9 Å². The Morgan fingerprint density at radius 3 is 2.11 bits per heavy atom. The third kappa shape index (κ3) is 6.82. The molecule has 1 saturated carbocycles. The molecule has 1 radical (unpaired) electrons. The zero-order chi connectivity index (χ0) is 19.8. The van der Waals surface area contributed by atoms with Crippen molar-refractivity contribution in [3.05, 3.63) is 71.8 Å². The van der Waals surface area contributed by atoms with Crippen molar-refractivity contribution in [1.82, 2.24) is 0 Å². The number of hydrogen-bond acceptors (Lipinski definition) is 0. The van der Waals surface area contributed by atoms with Gasteiger partial charge in [-0.15, -0.1) is 15.8 Å². The Labute approximate surface area is 196 Å². The van der Waals surface area contributed by atoms with Gasteiger partial charge in [0.15, 0.2) is 11.6 Å². The second-order valence-corrected chi connectivity index (χ2v) is 8.15. The largest absolute Gasteiger partial charge is 0.203 e. The first-order chi connectivity index (χ1) is 13.0. The molecule has 1 fully saturated rings. The Hall–Kier alpha value is -0.426. The molecule has 4 heteroatoms. The Balaban J connectivity index is 0.000000921. The summed E-state index contributed by atoms with van der Waals surface area (Å²) in [5.41, 5.74) is 2.71. The summed E-state index contributed by atoms with van der Waals surface area (Å²) >= 11 is 0. The van der Waals surface area contributed by atoms with Crippen LogP contribution in [0.2, 0.25) is 0 Å². The topological polar surface area (TPSA) is 0 Å². The number of aryl methyl sites for hydroxylation is 1. The van der Waals surface area contributed by atoms with Crippen LogP contribution >= 0.6 is 9.24 Å². The zero-order valence-electron chi connectivity index (χ0n) is 17.1. The van der Waals surface area contributed by atoms with Gasteiger partial charge >= 0.3 is 0 Å². The SMILES string of the molecule is C=CCC1CCC(c2ccc(-c3ccc(C)c(F)c3F)cc2)CC1.CCP.[Y]. The van der Waals surface area contributed by atoms with E-state index < -0.39 is 11.6 Å². The summed E-state index contributed by atoms with van der Waals surface area (Å²) in [4.78, 5) is 0. The van der Waals surface area contributed by atoms with Crippen molar-refractivity contribution in [3.63, 3.8) is 0 Å². The third-order valence-electron chi connectivity index (χ3n) is 5.32. The quantitative estimate of drug-likeness (QED) is 0.313. The van der Waals surface area contributed by atoms with Gasteiger partial charge in [-0.1, -0.05) is 49.4 Å². The van der Waals surface area contributed by atoms with Crippen molar-refractivity contribution < 1.29 is 41.5 Å². The normalized spacial score (nSPS) is 18.5. The van der Waals surface area contributed by atoms with Crippen LogP contribution in [-0.2, 0) is 32.7 Å². The summed E-state index contributed by atoms with van der Waals surface area (Å²) in [7, 11) is 2.58. The van der Waals surface area contributed by atoms with Crippen LogP contribution in [0.1, 0.15) is 56.1 Å². The van der Waals surface area contributed by atoms with Crippen LogP contribution in [0, 0.1) is 24.5 Å². The Bertz CT molecular complexity index is 735. The molecule has 0 aromatic heterocycles. The van der Waals surface area contributed by atoms with Crippen molar-refractivity contribution in [3.8, 4) is 11.1 Å². The Kier molecular flexibility index (Phi) is 11.9. The smallest absolute Gasteiger partial charge is 0.166 e. The molecule has 0 bridgehead atoms. The predicted octanol–water partition coefficient (Wildman–Crippen LogP) is 7.67. The first kappa shape index (κ1) is 25.6. The van der Waals surface area contributed by atoms with Gasteiger partial charge in [-0.05, 0) is 73.7 Å². The maximum Gasteiger partial charge on any atom is 0.166 e. The Morgan fingerprint density at radius 1 is 1.00 bits per heavy atom. The maximum atomic E-state index is 14.1. The first-order valence-electron chi connectivity index (χ1n) is 9.87. The molecule has 3 rings (SSSR count). The van der Waals surface area contributed by atoms with Gasteiger partial charge in [-0.3, -0.25) is 0 Å². The second-order valence-electron chi connectivity index (χ2n) is 7.33. The fourth-order valence-electron chi connectivity index (χ4n) is 3.77. The summed E-state index contributed by atoms with van der Waals surface area (Å²) in [6.07, 6.45) is 9.20. The molecule has 149 valence electrons. The van der Waals surface area contributed by atoms with E-state index in [1.54, 1.807) is 19.1 Å². The second kappa shape index (κ2) is 13.0. The summed E-state index contributed by atoms with van der Waals surface area (Å²) in [5, 5.41) is 0. The molecule has 0 spiro atoms. The summed E-state index contributed by atoms with van der Waals surface area (Å²) in [5.74, 6) is -0.146. The molecular weight excluding hydrogens is 446 g/mol. The van der Waals surface area contributed by atoms with Gasteiger partial charge in [0.1, 0.15) is 0 Å². The van der Waals surface area contributed by atoms with Crippen LogP contribution in [0.3, 0.4) is 0 Å². The van der Waals surface area contributed by atoms with Gasteiger partial charge in [0, 0.05) is 38.3 Å². The molecule has 0 amide bonds. The summed E-state index contributed by atoms with van der Waals surface area (Å²) in [6, 6.07) is 11.3. The first-order valence-corrected chi connectivity index (χ1v) is 10.7. The molecule has 0 N–H and O–H groups in total. The van der Waals surface area contributed by atoms with E-state index in [2.05, 4.69) is 34.9 Å². The van der Waals surface area contributed by atoms with Crippen LogP contribution in [0.5, 0.6) is 0 Å². The molecular formula is C24H31F2PY. The number of halogens is 2. The molecule has 0 saturated heterocycles. The van der Waals surface area contributed by atoms with Crippen molar-refractivity contribution in [2.75, 3.05) is 6.16 Å². The molecule has 28 heavy (non-hydrogen) atoms. The minimum Gasteiger partial charge on any atom is -0.203 e. The number of benzene rings is 2. The van der Waals surface area contributed by atoms with E-state index in [-0.39, 0.29) is 32.7 Å². The van der Waals surface area contributed by atoms with Gasteiger partial charge in [0.2, 0.25) is 0 Å². The fraction of sp³-hybridized carbons (Fsp3) is 0.417. The number of allylic oxidation sites excluding steroid dienone is 1. The number of rotatable bonds is 4. The minimum absolute atomic E-state index is 0. The molecule has 1 unspecified atom stereocenters. The van der Waals surface area contributed by atoms with Crippen molar-refractivity contribution in [1.29, 1.82) is 0 Å². The van der Waals surface area contributed by atoms with Crippen LogP contribution in [-0.4, -0.2) is 6.16 Å². The van der Waals surface area contributed by atoms with Crippen LogP contribution < -0.4 is 0 Å². The van der Waals surface area contributed by atoms with E-state index >= 15 is 0 Å². The summed E-state index contributed by atoms with van der Waals surface area (Å²) in [6.45, 7) is 7.50.